The van der Waals surface area contributed by atoms with E-state index in [0.29, 0.717) is 12.8 Å². The number of nitrogens with two attached hydrogens (primary N) is 1. The van der Waals surface area contributed by atoms with Gasteiger partial charge in [-0.3, -0.25) is 0 Å². The molecule has 0 radical (unpaired) electrons. The monoisotopic (exact) mass is 233 g/mol. The van der Waals surface area contributed by atoms with Gasteiger partial charge in [-0.15, -0.1) is 11.3 Å². The molecule has 0 aromatic carbocycles. The summed E-state index contributed by atoms with van der Waals surface area (Å²) in [6.45, 7) is 0.101. The van der Waals surface area contributed by atoms with Crippen LogP contribution in [0, 0.1) is 0 Å². The molecular weight excluding hydrogens is 218 g/mol. The lowest BCUT2D eigenvalue weighted by molar-refractivity contribution is 0.232. The van der Waals surface area contributed by atoms with E-state index in [0.717, 1.165) is 4.21 Å². The maximum absolute atomic E-state index is 8.89. The Morgan fingerprint density at radius 2 is 2.00 bits per heavy atom. The molecule has 0 aliphatic rings. The molecular formula is C9H15NO2S2. The average Bonchev–Trinajstić information content (AvgIpc) is 2.57. The Hall–Kier alpha value is -0.0700. The summed E-state index contributed by atoms with van der Waals surface area (Å²) in [6.07, 6.45) is 0.992. The molecule has 3 nitrogen and oxygen atoms in total. The van der Waals surface area contributed by atoms with E-state index in [9.17, 15) is 0 Å². The van der Waals surface area contributed by atoms with Crippen LogP contribution in [0.15, 0.2) is 21.7 Å². The molecule has 0 saturated carbocycles. The van der Waals surface area contributed by atoms with Gasteiger partial charge in [0.2, 0.25) is 0 Å². The summed E-state index contributed by atoms with van der Waals surface area (Å²) >= 11 is 3.14. The molecule has 0 saturated heterocycles. The number of hydrogen-bond acceptors (Lipinski definition) is 5. The Bertz CT molecular complexity index is 245. The van der Waals surface area contributed by atoms with Crippen molar-refractivity contribution in [3.63, 3.8) is 0 Å². The van der Waals surface area contributed by atoms with Crippen molar-refractivity contribution in [1.29, 1.82) is 0 Å². The number of hydrogen-bond donors (Lipinski definition) is 3. The molecule has 1 aromatic rings. The lowest BCUT2D eigenvalue weighted by Gasteiger charge is -2.26. The summed E-state index contributed by atoms with van der Waals surface area (Å²) in [7, 11) is 0. The first-order valence-corrected chi connectivity index (χ1v) is 6.13. The van der Waals surface area contributed by atoms with E-state index >= 15 is 0 Å². The Labute approximate surface area is 91.9 Å². The molecule has 0 unspecified atom stereocenters. The minimum atomic E-state index is -0.547. The van der Waals surface area contributed by atoms with E-state index in [-0.39, 0.29) is 13.2 Å². The van der Waals surface area contributed by atoms with Crippen molar-refractivity contribution >= 4 is 23.1 Å². The summed E-state index contributed by atoms with van der Waals surface area (Å²) in [4.78, 5) is -0.547. The molecule has 80 valence electrons. The molecule has 0 spiro atoms. The highest BCUT2D eigenvalue weighted by atomic mass is 32.2. The number of thiophene rings is 1. The zero-order chi connectivity index (χ0) is 10.4. The third-order valence-corrected chi connectivity index (χ3v) is 4.22. The van der Waals surface area contributed by atoms with Gasteiger partial charge in [-0.2, -0.15) is 0 Å². The highest BCUT2D eigenvalue weighted by Crippen LogP contribution is 2.36. The average molecular weight is 233 g/mol. The van der Waals surface area contributed by atoms with E-state index in [4.69, 9.17) is 15.9 Å². The van der Waals surface area contributed by atoms with Crippen molar-refractivity contribution in [2.75, 3.05) is 13.2 Å². The van der Waals surface area contributed by atoms with Gasteiger partial charge in [0.25, 0.3) is 0 Å². The second kappa shape index (κ2) is 5.72. The molecule has 1 rings (SSSR count). The topological polar surface area (TPSA) is 66.5 Å². The summed E-state index contributed by atoms with van der Waals surface area (Å²) in [5.41, 5.74) is 6.06. The second-order valence-corrected chi connectivity index (χ2v) is 5.71. The summed E-state index contributed by atoms with van der Waals surface area (Å²) in [5.74, 6) is 0. The quantitative estimate of drug-likeness (QED) is 0.511. The van der Waals surface area contributed by atoms with Gasteiger partial charge in [-0.05, 0) is 24.3 Å². The van der Waals surface area contributed by atoms with Crippen LogP contribution < -0.4 is 5.73 Å². The van der Waals surface area contributed by atoms with Gasteiger partial charge in [0.05, 0.1) is 9.08 Å². The van der Waals surface area contributed by atoms with E-state index in [1.807, 2.05) is 17.5 Å². The van der Waals surface area contributed by atoms with Crippen molar-refractivity contribution in [1.82, 2.24) is 0 Å². The fourth-order valence-corrected chi connectivity index (χ4v) is 3.37. The zero-order valence-corrected chi connectivity index (χ0v) is 9.48. The number of rotatable bonds is 6. The molecule has 1 aromatic heterocycles. The van der Waals surface area contributed by atoms with Crippen molar-refractivity contribution < 1.29 is 10.2 Å². The first-order valence-electron chi connectivity index (χ1n) is 4.43. The van der Waals surface area contributed by atoms with Gasteiger partial charge in [0.1, 0.15) is 0 Å². The smallest absolute Gasteiger partial charge is 0.0718 e. The molecule has 0 atom stereocenters. The highest BCUT2D eigenvalue weighted by molar-refractivity contribution is 8.02. The van der Waals surface area contributed by atoms with Crippen LogP contribution in [0.1, 0.15) is 12.8 Å². The molecule has 0 aliphatic heterocycles. The van der Waals surface area contributed by atoms with Crippen LogP contribution in [0.5, 0.6) is 0 Å². The van der Waals surface area contributed by atoms with Crippen molar-refractivity contribution in [3.8, 4) is 0 Å². The number of thioether (sulfide) groups is 1. The van der Waals surface area contributed by atoms with Gasteiger partial charge < -0.3 is 15.9 Å². The van der Waals surface area contributed by atoms with E-state index in [1.165, 1.54) is 11.8 Å². The largest absolute Gasteiger partial charge is 0.396 e. The van der Waals surface area contributed by atoms with E-state index in [2.05, 4.69) is 0 Å². The predicted molar refractivity (Wildman–Crippen MR) is 60.5 cm³/mol. The third-order valence-electron chi connectivity index (χ3n) is 1.87. The SMILES string of the molecule is NC(CCO)(CCO)Sc1cccs1. The summed E-state index contributed by atoms with van der Waals surface area (Å²) in [6, 6.07) is 3.96. The van der Waals surface area contributed by atoms with Gasteiger partial charge in [0.15, 0.2) is 0 Å². The number of aliphatic hydroxyl groups excluding tert-OH is 2. The van der Waals surface area contributed by atoms with Crippen LogP contribution in [0.3, 0.4) is 0 Å². The Morgan fingerprint density at radius 1 is 1.36 bits per heavy atom. The van der Waals surface area contributed by atoms with Gasteiger partial charge in [-0.1, -0.05) is 17.8 Å². The van der Waals surface area contributed by atoms with Crippen LogP contribution in [-0.4, -0.2) is 28.3 Å². The summed E-state index contributed by atoms with van der Waals surface area (Å²) in [5, 5.41) is 19.8. The van der Waals surface area contributed by atoms with Crippen molar-refractivity contribution in [2.24, 2.45) is 5.73 Å². The standard InChI is InChI=1S/C9H15NO2S2/c10-9(3-5-11,4-6-12)14-8-2-1-7-13-8/h1-2,7,11-12H,3-6,10H2. The fraction of sp³-hybridized carbons (Fsp3) is 0.556. The normalized spacial score (nSPS) is 11.9. The second-order valence-electron chi connectivity index (χ2n) is 3.05. The molecule has 0 amide bonds. The maximum atomic E-state index is 8.89. The van der Waals surface area contributed by atoms with Crippen LogP contribution in [0.4, 0.5) is 0 Å². The van der Waals surface area contributed by atoms with Gasteiger partial charge >= 0.3 is 0 Å². The van der Waals surface area contributed by atoms with Crippen molar-refractivity contribution in [2.45, 2.75) is 21.9 Å². The van der Waals surface area contributed by atoms with E-state index < -0.39 is 4.87 Å². The van der Waals surface area contributed by atoms with Gasteiger partial charge in [0, 0.05) is 13.2 Å². The molecule has 14 heavy (non-hydrogen) atoms. The van der Waals surface area contributed by atoms with Crippen LogP contribution in [0.2, 0.25) is 0 Å². The molecule has 0 bridgehead atoms. The minimum absolute atomic E-state index is 0.0505. The Kier molecular flexibility index (Phi) is 4.91. The highest BCUT2D eigenvalue weighted by Gasteiger charge is 2.25. The third kappa shape index (κ3) is 3.59. The molecule has 0 aliphatic carbocycles. The Morgan fingerprint density at radius 3 is 2.43 bits per heavy atom. The minimum Gasteiger partial charge on any atom is -0.396 e. The lowest BCUT2D eigenvalue weighted by Crippen LogP contribution is -2.37. The van der Waals surface area contributed by atoms with Crippen LogP contribution in [0.25, 0.3) is 0 Å². The summed E-state index contributed by atoms with van der Waals surface area (Å²) < 4.78 is 1.12. The predicted octanol–water partition coefficient (Wildman–Crippen LogP) is 1.26. The maximum Gasteiger partial charge on any atom is 0.0718 e. The van der Waals surface area contributed by atoms with Crippen LogP contribution in [-0.2, 0) is 0 Å². The lowest BCUT2D eigenvalue weighted by atomic mass is 10.1. The molecule has 5 heteroatoms. The Balaban J connectivity index is 2.58. The molecule has 4 N–H and O–H groups in total. The first-order chi connectivity index (χ1) is 6.70. The zero-order valence-electron chi connectivity index (χ0n) is 7.85. The van der Waals surface area contributed by atoms with E-state index in [1.54, 1.807) is 11.3 Å². The van der Waals surface area contributed by atoms with Crippen molar-refractivity contribution in [3.05, 3.63) is 17.5 Å². The molecule has 0 fully saturated rings. The van der Waals surface area contributed by atoms with Crippen LogP contribution >= 0.6 is 23.1 Å². The molecule has 1 heterocycles. The number of aliphatic hydroxyl groups is 2. The van der Waals surface area contributed by atoms with Gasteiger partial charge in [-0.25, -0.2) is 0 Å². The first kappa shape index (κ1) is 12.0. The fourth-order valence-electron chi connectivity index (χ4n) is 1.13.